The van der Waals surface area contributed by atoms with Crippen molar-refractivity contribution in [3.8, 4) is 17.1 Å². The van der Waals surface area contributed by atoms with Crippen molar-refractivity contribution in [2.45, 2.75) is 17.7 Å². The highest BCUT2D eigenvalue weighted by Gasteiger charge is 2.30. The van der Waals surface area contributed by atoms with Gasteiger partial charge in [-0.2, -0.15) is 0 Å². The van der Waals surface area contributed by atoms with E-state index in [0.29, 0.717) is 23.2 Å². The molecule has 2 aromatic rings. The van der Waals surface area contributed by atoms with Crippen molar-refractivity contribution in [3.05, 3.63) is 24.3 Å². The maximum Gasteiger partial charge on any atom is 0.316 e. The summed E-state index contributed by atoms with van der Waals surface area (Å²) in [6.07, 6.45) is -0.183. The Hall–Kier alpha value is -2.07. The Morgan fingerprint density at radius 1 is 1.35 bits per heavy atom. The maximum absolute atomic E-state index is 12.0. The topological polar surface area (TPSA) is 100 Å². The second-order valence-electron chi connectivity index (χ2n) is 5.87. The van der Waals surface area contributed by atoms with Gasteiger partial charge >= 0.3 is 5.97 Å². The molecular weight excluding hydrogens is 378 g/mol. The lowest BCUT2D eigenvalue weighted by molar-refractivity contribution is -0.144. The third-order valence-electron chi connectivity index (χ3n) is 3.99. The molecule has 8 nitrogen and oxygen atoms in total. The molecule has 0 bridgehead atoms. The van der Waals surface area contributed by atoms with E-state index in [1.165, 1.54) is 11.8 Å². The van der Waals surface area contributed by atoms with Gasteiger partial charge in [-0.05, 0) is 18.6 Å². The van der Waals surface area contributed by atoms with Crippen molar-refractivity contribution in [1.82, 2.24) is 14.8 Å². The molecule has 26 heavy (non-hydrogen) atoms. The van der Waals surface area contributed by atoms with Crippen LogP contribution < -0.4 is 4.74 Å². The Morgan fingerprint density at radius 2 is 2.12 bits per heavy atom. The van der Waals surface area contributed by atoms with Crippen molar-refractivity contribution in [2.24, 2.45) is 7.05 Å². The molecule has 1 saturated heterocycles. The Balaban J connectivity index is 1.63. The molecule has 1 aliphatic heterocycles. The number of aromatic nitrogens is 3. The van der Waals surface area contributed by atoms with E-state index in [1.54, 1.807) is 18.7 Å². The highest BCUT2D eigenvalue weighted by molar-refractivity contribution is 7.99. The molecule has 1 aliphatic rings. The Morgan fingerprint density at radius 3 is 2.81 bits per heavy atom. The van der Waals surface area contributed by atoms with Gasteiger partial charge < -0.3 is 14.0 Å². The van der Waals surface area contributed by atoms with Crippen LogP contribution in [0.2, 0.25) is 0 Å². The summed E-state index contributed by atoms with van der Waals surface area (Å²) in [6, 6.07) is 7.47. The van der Waals surface area contributed by atoms with Crippen LogP contribution in [0.15, 0.2) is 29.4 Å². The molecular formula is C16H19N3O5S2. The van der Waals surface area contributed by atoms with Crippen LogP contribution >= 0.6 is 11.8 Å². The monoisotopic (exact) mass is 397 g/mol. The number of methoxy groups -OCH3 is 1. The van der Waals surface area contributed by atoms with E-state index < -0.39 is 21.9 Å². The van der Waals surface area contributed by atoms with Gasteiger partial charge in [-0.1, -0.05) is 23.9 Å². The van der Waals surface area contributed by atoms with Crippen LogP contribution in [0.25, 0.3) is 11.4 Å². The van der Waals surface area contributed by atoms with Gasteiger partial charge in [0.1, 0.15) is 11.9 Å². The number of carbonyl (C=O) groups is 1. The summed E-state index contributed by atoms with van der Waals surface area (Å²) in [5.74, 6) is 0.865. The third-order valence-corrected chi connectivity index (χ3v) is 6.72. The number of hydrogen-bond donors (Lipinski definition) is 0. The third kappa shape index (κ3) is 4.18. The van der Waals surface area contributed by atoms with Crippen LogP contribution in [0.5, 0.6) is 5.75 Å². The van der Waals surface area contributed by atoms with Gasteiger partial charge in [-0.3, -0.25) is 4.79 Å². The zero-order valence-corrected chi connectivity index (χ0v) is 16.0. The summed E-state index contributed by atoms with van der Waals surface area (Å²) in [6.45, 7) is 0. The molecule has 0 radical (unpaired) electrons. The summed E-state index contributed by atoms with van der Waals surface area (Å²) in [5, 5.41) is 8.84. The summed E-state index contributed by atoms with van der Waals surface area (Å²) < 4.78 is 35.2. The molecule has 0 aliphatic carbocycles. The molecule has 10 heteroatoms. The lowest BCUT2D eigenvalue weighted by atomic mass is 10.2. The second-order valence-corrected chi connectivity index (χ2v) is 9.04. The molecule has 1 fully saturated rings. The maximum atomic E-state index is 12.0. The van der Waals surface area contributed by atoms with Crippen molar-refractivity contribution < 1.29 is 22.7 Å². The van der Waals surface area contributed by atoms with Gasteiger partial charge in [0.25, 0.3) is 0 Å². The number of ether oxygens (including phenoxy) is 2. The van der Waals surface area contributed by atoms with E-state index >= 15 is 0 Å². The number of hydrogen-bond acceptors (Lipinski definition) is 8. The minimum absolute atomic E-state index is 0.0362. The smallest absolute Gasteiger partial charge is 0.316 e. The number of thioether (sulfide) groups is 1. The van der Waals surface area contributed by atoms with E-state index in [1.807, 2.05) is 24.3 Å². The number of rotatable bonds is 6. The van der Waals surface area contributed by atoms with E-state index in [0.717, 1.165) is 5.56 Å². The first-order chi connectivity index (χ1) is 12.4. The van der Waals surface area contributed by atoms with Crippen LogP contribution in [-0.2, 0) is 26.4 Å². The second kappa shape index (κ2) is 7.67. The first-order valence-electron chi connectivity index (χ1n) is 7.95. The lowest BCUT2D eigenvalue weighted by Crippen LogP contribution is -2.20. The quantitative estimate of drug-likeness (QED) is 0.531. The zero-order valence-electron chi connectivity index (χ0n) is 14.4. The Kier molecular flexibility index (Phi) is 5.52. The van der Waals surface area contributed by atoms with E-state index in [-0.39, 0.29) is 17.3 Å². The normalized spacial score (nSPS) is 18.6. The van der Waals surface area contributed by atoms with E-state index in [9.17, 15) is 13.2 Å². The highest BCUT2D eigenvalue weighted by Crippen LogP contribution is 2.30. The van der Waals surface area contributed by atoms with Crippen LogP contribution in [0.1, 0.15) is 6.42 Å². The van der Waals surface area contributed by atoms with Gasteiger partial charge in [-0.15, -0.1) is 10.2 Å². The SMILES string of the molecule is COc1ccccc1-c1nnc(SCC(=O)O[C@@H]2CCS(=O)(=O)C2)n1C. The largest absolute Gasteiger partial charge is 0.496 e. The highest BCUT2D eigenvalue weighted by atomic mass is 32.2. The summed E-state index contributed by atoms with van der Waals surface area (Å²) in [5.41, 5.74) is 0.801. The van der Waals surface area contributed by atoms with Gasteiger partial charge in [0.05, 0.1) is 29.9 Å². The van der Waals surface area contributed by atoms with Gasteiger partial charge in [-0.25, -0.2) is 8.42 Å². The molecule has 0 spiro atoms. The first kappa shape index (κ1) is 18.7. The molecule has 1 aromatic carbocycles. The minimum Gasteiger partial charge on any atom is -0.496 e. The van der Waals surface area contributed by atoms with Gasteiger partial charge in [0.15, 0.2) is 20.8 Å². The summed E-state index contributed by atoms with van der Waals surface area (Å²) in [4.78, 5) is 12.0. The molecule has 0 unspecified atom stereocenters. The lowest BCUT2D eigenvalue weighted by Gasteiger charge is -2.10. The van der Waals surface area contributed by atoms with Crippen molar-refractivity contribution >= 4 is 27.6 Å². The number of esters is 1. The van der Waals surface area contributed by atoms with Crippen LogP contribution in [-0.4, -0.2) is 59.6 Å². The average molecular weight is 397 g/mol. The van der Waals surface area contributed by atoms with Crippen molar-refractivity contribution in [3.63, 3.8) is 0 Å². The predicted molar refractivity (Wildman–Crippen MR) is 96.9 cm³/mol. The van der Waals surface area contributed by atoms with Crippen LogP contribution in [0.4, 0.5) is 0 Å². The minimum atomic E-state index is -3.07. The van der Waals surface area contributed by atoms with Gasteiger partial charge in [0, 0.05) is 7.05 Å². The summed E-state index contributed by atoms with van der Waals surface area (Å²) in [7, 11) is 0.321. The predicted octanol–water partition coefficient (Wildman–Crippen LogP) is 1.31. The molecule has 0 amide bonds. The number of carbonyl (C=O) groups excluding carboxylic acids is 1. The van der Waals surface area contributed by atoms with E-state index in [2.05, 4.69) is 10.2 Å². The standard InChI is InChI=1S/C16H19N3O5S2/c1-19-15(12-5-3-4-6-13(12)23-2)17-18-16(19)25-9-14(20)24-11-7-8-26(21,22)10-11/h3-6,11H,7-10H2,1-2H3/t11-/m1/s1. The Bertz CT molecular complexity index is 910. The van der Waals surface area contributed by atoms with Crippen LogP contribution in [0.3, 0.4) is 0 Å². The van der Waals surface area contributed by atoms with Crippen molar-refractivity contribution in [1.29, 1.82) is 0 Å². The number of nitrogens with zero attached hydrogens (tertiary/aromatic N) is 3. The number of benzene rings is 1. The number of para-hydroxylation sites is 1. The summed E-state index contributed by atoms with van der Waals surface area (Å²) >= 11 is 1.19. The molecule has 1 aromatic heterocycles. The molecule has 3 rings (SSSR count). The molecule has 2 heterocycles. The van der Waals surface area contributed by atoms with Gasteiger partial charge in [0.2, 0.25) is 0 Å². The van der Waals surface area contributed by atoms with Crippen molar-refractivity contribution in [2.75, 3.05) is 24.4 Å². The fourth-order valence-electron chi connectivity index (χ4n) is 2.70. The molecule has 1 atom stereocenters. The fourth-order valence-corrected chi connectivity index (χ4v) is 4.99. The molecule has 0 N–H and O–H groups in total. The Labute approximate surface area is 155 Å². The van der Waals surface area contributed by atoms with E-state index in [4.69, 9.17) is 9.47 Å². The zero-order chi connectivity index (χ0) is 18.7. The fraction of sp³-hybridized carbons (Fsp3) is 0.438. The first-order valence-corrected chi connectivity index (χ1v) is 10.8. The average Bonchev–Trinajstić information content (AvgIpc) is 3.14. The molecule has 140 valence electrons. The number of sulfone groups is 1. The van der Waals surface area contributed by atoms with Crippen LogP contribution in [0, 0.1) is 0 Å². The molecule has 0 saturated carbocycles.